The van der Waals surface area contributed by atoms with Gasteiger partial charge in [0.15, 0.2) is 14.7 Å². The molecule has 7 heteroatoms. The largest absolute Gasteiger partial charge is 0.339 e. The fourth-order valence-electron chi connectivity index (χ4n) is 3.55. The summed E-state index contributed by atoms with van der Waals surface area (Å²) in [6.07, 6.45) is 0.434. The van der Waals surface area contributed by atoms with Gasteiger partial charge in [0.1, 0.15) is 5.75 Å². The second kappa shape index (κ2) is 5.73. The predicted octanol–water partition coefficient (Wildman–Crippen LogP) is 1.34. The summed E-state index contributed by atoms with van der Waals surface area (Å²) in [4.78, 5) is 26.3. The Morgan fingerprint density at radius 3 is 2.29 bits per heavy atom. The summed E-state index contributed by atoms with van der Waals surface area (Å²) in [5.41, 5.74) is 1.01. The Bertz CT molecular complexity index is 793. The number of piperidine rings is 1. The number of amides is 2. The van der Waals surface area contributed by atoms with Gasteiger partial charge in [-0.3, -0.25) is 14.5 Å². The fraction of sp³-hybridized carbons (Fsp3) is 0.412. The average Bonchev–Trinajstić information content (AvgIpc) is 2.73. The molecule has 0 unspecified atom stereocenters. The highest BCUT2D eigenvalue weighted by Gasteiger charge is 2.59. The number of hydrogen-bond acceptors (Lipinski definition) is 4. The lowest BCUT2D eigenvalue weighted by molar-refractivity contribution is -0.128. The van der Waals surface area contributed by atoms with Gasteiger partial charge in [0.25, 0.3) is 0 Å². The van der Waals surface area contributed by atoms with Crippen molar-refractivity contribution in [1.29, 1.82) is 0 Å². The summed E-state index contributed by atoms with van der Waals surface area (Å²) >= 11 is 0. The number of benzene rings is 1. The molecule has 3 rings (SSSR count). The highest BCUT2D eigenvalue weighted by Crippen LogP contribution is 2.42. The summed E-state index contributed by atoms with van der Waals surface area (Å²) in [5.74, 6) is -1.05. The van der Waals surface area contributed by atoms with Crippen LogP contribution >= 0.6 is 0 Å². The molecule has 0 aromatic heterocycles. The first-order valence-corrected chi connectivity index (χ1v) is 9.49. The van der Waals surface area contributed by atoms with Gasteiger partial charge < -0.3 is 4.90 Å². The molecule has 2 fully saturated rings. The molecule has 2 amide bonds. The molecule has 0 saturated carbocycles. The normalized spacial score (nSPS) is 22.0. The number of likely N-dealkylation sites (tertiary alicyclic amines) is 1. The van der Waals surface area contributed by atoms with Crippen molar-refractivity contribution in [3.05, 3.63) is 42.5 Å². The van der Waals surface area contributed by atoms with E-state index in [1.807, 2.05) is 6.07 Å². The summed E-state index contributed by atoms with van der Waals surface area (Å²) in [7, 11) is -3.61. The third-order valence-electron chi connectivity index (χ3n) is 4.76. The Balaban J connectivity index is 1.96. The molecule has 2 heterocycles. The van der Waals surface area contributed by atoms with Gasteiger partial charge in [-0.2, -0.15) is 0 Å². The van der Waals surface area contributed by atoms with E-state index in [1.54, 1.807) is 36.1 Å². The van der Waals surface area contributed by atoms with Crippen LogP contribution in [0.3, 0.4) is 0 Å². The lowest BCUT2D eigenvalue weighted by Crippen LogP contribution is -2.57. The zero-order valence-electron chi connectivity index (χ0n) is 13.6. The maximum Gasteiger partial charge on any atom is 0.248 e. The monoisotopic (exact) mass is 348 g/mol. The Hall–Kier alpha value is -2.15. The lowest BCUT2D eigenvalue weighted by Gasteiger charge is -2.43. The third-order valence-corrected chi connectivity index (χ3v) is 7.14. The molecule has 128 valence electrons. The van der Waals surface area contributed by atoms with Crippen LogP contribution in [-0.2, 0) is 19.4 Å². The molecule has 1 aromatic rings. The maximum atomic E-state index is 12.8. The maximum absolute atomic E-state index is 12.8. The number of sulfone groups is 1. The van der Waals surface area contributed by atoms with E-state index >= 15 is 0 Å². The van der Waals surface area contributed by atoms with Crippen molar-refractivity contribution in [2.75, 3.05) is 23.7 Å². The van der Waals surface area contributed by atoms with Crippen LogP contribution in [0.1, 0.15) is 19.8 Å². The highest BCUT2D eigenvalue weighted by molar-refractivity contribution is 7.94. The first kappa shape index (κ1) is 16.7. The smallest absolute Gasteiger partial charge is 0.248 e. The summed E-state index contributed by atoms with van der Waals surface area (Å²) in [6, 6.07) is 8.86. The number of carbonyl (C=O) groups is 2. The molecule has 2 aliphatic rings. The lowest BCUT2D eigenvalue weighted by atomic mass is 10.0. The standard InChI is InChI=1S/C17H20N2O4S/c1-13(2)16(21)18-10-8-17(9-11-18)19(14-6-4-3-5-7-14)15(20)12-24(17,22)23/h3-7H,1,8-12H2,2H3. The third kappa shape index (κ3) is 2.43. The molecule has 6 nitrogen and oxygen atoms in total. The molecule has 2 aliphatic heterocycles. The zero-order chi connectivity index (χ0) is 17.5. The fourth-order valence-corrected chi connectivity index (χ4v) is 5.56. The molecule has 0 atom stereocenters. The van der Waals surface area contributed by atoms with Crippen LogP contribution < -0.4 is 4.90 Å². The van der Waals surface area contributed by atoms with E-state index in [-0.39, 0.29) is 18.7 Å². The number of hydrogen-bond donors (Lipinski definition) is 0. The minimum Gasteiger partial charge on any atom is -0.339 e. The molecule has 0 radical (unpaired) electrons. The zero-order valence-corrected chi connectivity index (χ0v) is 14.4. The van der Waals surface area contributed by atoms with Gasteiger partial charge in [0, 0.05) is 37.2 Å². The van der Waals surface area contributed by atoms with E-state index in [0.29, 0.717) is 24.4 Å². The van der Waals surface area contributed by atoms with Gasteiger partial charge in [0.2, 0.25) is 11.8 Å². The predicted molar refractivity (Wildman–Crippen MR) is 91.1 cm³/mol. The Labute approximate surface area is 141 Å². The van der Waals surface area contributed by atoms with Crippen LogP contribution in [0.4, 0.5) is 5.69 Å². The van der Waals surface area contributed by atoms with Crippen molar-refractivity contribution in [2.24, 2.45) is 0 Å². The van der Waals surface area contributed by atoms with E-state index in [0.717, 1.165) is 0 Å². The van der Waals surface area contributed by atoms with Crippen LogP contribution in [0.2, 0.25) is 0 Å². The molecule has 24 heavy (non-hydrogen) atoms. The van der Waals surface area contributed by atoms with E-state index in [1.165, 1.54) is 4.90 Å². The molecule has 1 spiro atoms. The van der Waals surface area contributed by atoms with Crippen LogP contribution in [0.25, 0.3) is 0 Å². The second-order valence-electron chi connectivity index (χ2n) is 6.34. The molecule has 0 bridgehead atoms. The minimum absolute atomic E-state index is 0.169. The summed E-state index contributed by atoms with van der Waals surface area (Å²) in [5, 5.41) is 0. The van der Waals surface area contributed by atoms with Gasteiger partial charge in [0.05, 0.1) is 0 Å². The van der Waals surface area contributed by atoms with Crippen LogP contribution in [0.5, 0.6) is 0 Å². The van der Waals surface area contributed by atoms with Crippen molar-refractivity contribution in [2.45, 2.75) is 24.6 Å². The number of carbonyl (C=O) groups excluding carboxylic acids is 2. The van der Waals surface area contributed by atoms with Gasteiger partial charge in [-0.1, -0.05) is 24.8 Å². The molecule has 0 aliphatic carbocycles. The van der Waals surface area contributed by atoms with E-state index in [9.17, 15) is 18.0 Å². The van der Waals surface area contributed by atoms with Gasteiger partial charge >= 0.3 is 0 Å². The van der Waals surface area contributed by atoms with E-state index < -0.39 is 26.4 Å². The molecule has 2 saturated heterocycles. The van der Waals surface area contributed by atoms with Crippen LogP contribution in [-0.4, -0.2) is 48.8 Å². The van der Waals surface area contributed by atoms with Crippen molar-refractivity contribution < 1.29 is 18.0 Å². The van der Waals surface area contributed by atoms with Gasteiger partial charge in [-0.25, -0.2) is 8.42 Å². The number of anilines is 1. The molecule has 1 aromatic carbocycles. The van der Waals surface area contributed by atoms with Crippen LogP contribution in [0.15, 0.2) is 42.5 Å². The highest BCUT2D eigenvalue weighted by atomic mass is 32.2. The molecular weight excluding hydrogens is 328 g/mol. The van der Waals surface area contributed by atoms with E-state index in [2.05, 4.69) is 6.58 Å². The number of rotatable bonds is 2. The van der Waals surface area contributed by atoms with Crippen molar-refractivity contribution in [1.82, 2.24) is 4.90 Å². The first-order valence-electron chi connectivity index (χ1n) is 7.84. The number of para-hydroxylation sites is 1. The van der Waals surface area contributed by atoms with Crippen molar-refractivity contribution in [3.8, 4) is 0 Å². The number of nitrogens with zero attached hydrogens (tertiary/aromatic N) is 2. The second-order valence-corrected chi connectivity index (χ2v) is 8.62. The van der Waals surface area contributed by atoms with Gasteiger partial charge in [-0.05, 0) is 19.1 Å². The SMILES string of the molecule is C=C(C)C(=O)N1CCC2(CC1)N(c1ccccc1)C(=O)CS2(=O)=O. The summed E-state index contributed by atoms with van der Waals surface area (Å²) < 4.78 is 25.5. The Morgan fingerprint density at radius 1 is 1.17 bits per heavy atom. The van der Waals surface area contributed by atoms with Crippen LogP contribution in [0, 0.1) is 0 Å². The molecular formula is C17H20N2O4S. The minimum atomic E-state index is -3.61. The van der Waals surface area contributed by atoms with Crippen molar-refractivity contribution >= 4 is 27.3 Å². The first-order chi connectivity index (χ1) is 11.3. The Kier molecular flexibility index (Phi) is 3.99. The summed E-state index contributed by atoms with van der Waals surface area (Å²) in [6.45, 7) is 5.87. The van der Waals surface area contributed by atoms with Gasteiger partial charge in [-0.15, -0.1) is 0 Å². The quantitative estimate of drug-likeness (QED) is 0.756. The van der Waals surface area contributed by atoms with Crippen molar-refractivity contribution in [3.63, 3.8) is 0 Å². The Morgan fingerprint density at radius 2 is 1.75 bits per heavy atom. The van der Waals surface area contributed by atoms with E-state index in [4.69, 9.17) is 0 Å². The average molecular weight is 348 g/mol. The topological polar surface area (TPSA) is 74.8 Å². The molecule has 0 N–H and O–H groups in total.